The minimum atomic E-state index is 0.590. The van der Waals surface area contributed by atoms with E-state index in [2.05, 4.69) is 34.1 Å². The molecule has 0 spiro atoms. The van der Waals surface area contributed by atoms with E-state index in [-0.39, 0.29) is 0 Å². The van der Waals surface area contributed by atoms with Crippen molar-refractivity contribution in [1.82, 2.24) is 4.98 Å². The van der Waals surface area contributed by atoms with Gasteiger partial charge in [-0.1, -0.05) is 23.7 Å². The first-order chi connectivity index (χ1) is 11.8. The maximum absolute atomic E-state index is 5.98. The molecule has 0 aliphatic carbocycles. The number of oxazole rings is 1. The first-order valence-electron chi connectivity index (χ1n) is 8.37. The molecule has 1 aliphatic heterocycles. The van der Waals surface area contributed by atoms with E-state index >= 15 is 0 Å². The lowest BCUT2D eigenvalue weighted by molar-refractivity contribution is 0.578. The number of hydrogen-bond donors (Lipinski definition) is 0. The molecule has 3 nitrogen and oxygen atoms in total. The predicted octanol–water partition coefficient (Wildman–Crippen LogP) is 5.64. The van der Waals surface area contributed by atoms with Crippen LogP contribution < -0.4 is 4.90 Å². The van der Waals surface area contributed by atoms with Crippen LogP contribution in [0.5, 0.6) is 0 Å². The van der Waals surface area contributed by atoms with Crippen LogP contribution in [0.4, 0.5) is 5.69 Å². The molecule has 0 bridgehead atoms. The van der Waals surface area contributed by atoms with Crippen LogP contribution in [0.3, 0.4) is 0 Å². The second-order valence-electron chi connectivity index (χ2n) is 6.14. The molecule has 3 aromatic rings. The summed E-state index contributed by atoms with van der Waals surface area (Å²) in [4.78, 5) is 6.89. The molecular weight excluding hydrogens is 320 g/mol. The lowest BCUT2D eigenvalue weighted by Gasteiger charge is -2.28. The first kappa shape index (κ1) is 15.3. The zero-order chi connectivity index (χ0) is 16.4. The summed E-state index contributed by atoms with van der Waals surface area (Å²) in [6, 6.07) is 14.1. The van der Waals surface area contributed by atoms with Gasteiger partial charge in [0.05, 0.1) is 0 Å². The number of halogens is 1. The van der Waals surface area contributed by atoms with Gasteiger partial charge in [0, 0.05) is 29.9 Å². The summed E-state index contributed by atoms with van der Waals surface area (Å²) in [5, 5.41) is 0.666. The monoisotopic (exact) mass is 338 g/mol. The zero-order valence-electron chi connectivity index (χ0n) is 13.4. The summed E-state index contributed by atoms with van der Waals surface area (Å²) in [5.41, 5.74) is 3.97. The van der Waals surface area contributed by atoms with Gasteiger partial charge in [0.2, 0.25) is 5.89 Å². The van der Waals surface area contributed by atoms with Gasteiger partial charge in [-0.05, 0) is 61.2 Å². The van der Waals surface area contributed by atoms with E-state index in [1.165, 1.54) is 38.0 Å². The van der Waals surface area contributed by atoms with Crippen LogP contribution in [-0.2, 0) is 0 Å². The third kappa shape index (κ3) is 3.31. The number of rotatable bonds is 3. The van der Waals surface area contributed by atoms with Gasteiger partial charge in [0.1, 0.15) is 5.52 Å². The Morgan fingerprint density at radius 1 is 0.958 bits per heavy atom. The second-order valence-corrected chi connectivity index (χ2v) is 6.57. The van der Waals surface area contributed by atoms with Gasteiger partial charge in [-0.25, -0.2) is 4.98 Å². The Labute approximate surface area is 146 Å². The molecule has 1 fully saturated rings. The van der Waals surface area contributed by atoms with Gasteiger partial charge in [0.15, 0.2) is 5.58 Å². The van der Waals surface area contributed by atoms with Crippen LogP contribution in [0.2, 0.25) is 5.02 Å². The largest absolute Gasteiger partial charge is 0.437 e. The number of benzene rings is 2. The predicted molar refractivity (Wildman–Crippen MR) is 100 cm³/mol. The Morgan fingerprint density at radius 2 is 1.75 bits per heavy atom. The van der Waals surface area contributed by atoms with Gasteiger partial charge >= 0.3 is 0 Å². The van der Waals surface area contributed by atoms with Gasteiger partial charge in [-0.15, -0.1) is 0 Å². The Morgan fingerprint density at radius 3 is 2.54 bits per heavy atom. The highest BCUT2D eigenvalue weighted by Gasteiger charge is 2.10. The van der Waals surface area contributed by atoms with Crippen LogP contribution in [0.15, 0.2) is 46.9 Å². The maximum Gasteiger partial charge on any atom is 0.220 e. The van der Waals surface area contributed by atoms with E-state index in [1.807, 2.05) is 30.4 Å². The summed E-state index contributed by atoms with van der Waals surface area (Å²) < 4.78 is 5.70. The van der Waals surface area contributed by atoms with Crippen molar-refractivity contribution < 1.29 is 4.42 Å². The molecule has 1 aromatic heterocycles. The van der Waals surface area contributed by atoms with Crippen molar-refractivity contribution in [3.8, 4) is 0 Å². The lowest BCUT2D eigenvalue weighted by atomic mass is 10.1. The smallest absolute Gasteiger partial charge is 0.220 e. The Kier molecular flexibility index (Phi) is 4.26. The number of piperidine rings is 1. The summed E-state index contributed by atoms with van der Waals surface area (Å²) in [6.07, 6.45) is 7.86. The van der Waals surface area contributed by atoms with Crippen LogP contribution >= 0.6 is 11.6 Å². The molecular formula is C20H19ClN2O. The fraction of sp³-hybridized carbons (Fsp3) is 0.250. The molecule has 2 aromatic carbocycles. The van der Waals surface area contributed by atoms with Crippen molar-refractivity contribution in [1.29, 1.82) is 0 Å². The minimum Gasteiger partial charge on any atom is -0.437 e. The molecule has 2 heterocycles. The fourth-order valence-electron chi connectivity index (χ4n) is 3.11. The van der Waals surface area contributed by atoms with Gasteiger partial charge < -0.3 is 9.32 Å². The third-order valence-electron chi connectivity index (χ3n) is 4.40. The molecule has 1 aliphatic rings. The maximum atomic E-state index is 5.98. The Hall–Kier alpha value is -2.26. The second kappa shape index (κ2) is 6.70. The Bertz CT molecular complexity index is 861. The van der Waals surface area contributed by atoms with Gasteiger partial charge in [0.25, 0.3) is 0 Å². The van der Waals surface area contributed by atoms with Gasteiger partial charge in [-0.3, -0.25) is 0 Å². The van der Waals surface area contributed by atoms with Crippen molar-refractivity contribution >= 4 is 40.5 Å². The zero-order valence-corrected chi connectivity index (χ0v) is 14.2. The summed E-state index contributed by atoms with van der Waals surface area (Å²) in [5.74, 6) is 0.590. The topological polar surface area (TPSA) is 29.3 Å². The molecule has 24 heavy (non-hydrogen) atoms. The average molecular weight is 339 g/mol. The van der Waals surface area contributed by atoms with E-state index in [1.54, 1.807) is 0 Å². The van der Waals surface area contributed by atoms with Crippen molar-refractivity contribution in [2.45, 2.75) is 19.3 Å². The van der Waals surface area contributed by atoms with Crippen molar-refractivity contribution in [3.05, 3.63) is 58.9 Å². The van der Waals surface area contributed by atoms with Crippen LogP contribution in [0.25, 0.3) is 23.3 Å². The van der Waals surface area contributed by atoms with E-state index in [0.717, 1.165) is 16.7 Å². The summed E-state index contributed by atoms with van der Waals surface area (Å²) >= 11 is 5.98. The molecule has 0 unspecified atom stereocenters. The minimum absolute atomic E-state index is 0.590. The highest BCUT2D eigenvalue weighted by atomic mass is 35.5. The number of hydrogen-bond acceptors (Lipinski definition) is 3. The van der Waals surface area contributed by atoms with Crippen LogP contribution in [-0.4, -0.2) is 18.1 Å². The fourth-order valence-corrected chi connectivity index (χ4v) is 3.27. The average Bonchev–Trinajstić information content (AvgIpc) is 3.03. The molecule has 122 valence electrons. The number of anilines is 1. The van der Waals surface area contributed by atoms with E-state index in [4.69, 9.17) is 16.0 Å². The quantitative estimate of drug-likeness (QED) is 0.618. The first-order valence-corrected chi connectivity index (χ1v) is 8.75. The lowest BCUT2D eigenvalue weighted by Crippen LogP contribution is -2.29. The van der Waals surface area contributed by atoms with Crippen molar-refractivity contribution in [3.63, 3.8) is 0 Å². The van der Waals surface area contributed by atoms with Gasteiger partial charge in [-0.2, -0.15) is 0 Å². The van der Waals surface area contributed by atoms with E-state index in [9.17, 15) is 0 Å². The summed E-state index contributed by atoms with van der Waals surface area (Å²) in [6.45, 7) is 2.33. The van der Waals surface area contributed by atoms with Crippen LogP contribution in [0.1, 0.15) is 30.7 Å². The highest BCUT2D eigenvalue weighted by Crippen LogP contribution is 2.23. The van der Waals surface area contributed by atoms with E-state index < -0.39 is 0 Å². The molecule has 4 rings (SSSR count). The molecule has 1 saturated heterocycles. The van der Waals surface area contributed by atoms with Crippen LogP contribution in [0, 0.1) is 0 Å². The van der Waals surface area contributed by atoms with Crippen molar-refractivity contribution in [2.24, 2.45) is 0 Å². The summed E-state index contributed by atoms with van der Waals surface area (Å²) in [7, 11) is 0. The molecule has 0 amide bonds. The molecule has 0 atom stereocenters. The molecule has 0 saturated carbocycles. The Balaban J connectivity index is 1.50. The number of nitrogens with zero attached hydrogens (tertiary/aromatic N) is 2. The number of aromatic nitrogens is 1. The SMILES string of the molecule is Clc1ccc2oc(C=Cc3ccc(N4CCCCC4)cc3)nc2c1. The standard InChI is InChI=1S/C20H19ClN2O/c21-16-7-10-19-18(14-16)22-20(24-19)11-6-15-4-8-17(9-5-15)23-12-2-1-3-13-23/h4-11,14H,1-3,12-13H2. The number of fused-ring (bicyclic) bond motifs is 1. The molecule has 4 heteroatoms. The normalized spacial score (nSPS) is 15.5. The molecule has 0 radical (unpaired) electrons. The third-order valence-corrected chi connectivity index (χ3v) is 4.63. The van der Waals surface area contributed by atoms with E-state index in [0.29, 0.717) is 10.9 Å². The highest BCUT2D eigenvalue weighted by molar-refractivity contribution is 6.31. The molecule has 0 N–H and O–H groups in total. The van der Waals surface area contributed by atoms with Crippen molar-refractivity contribution in [2.75, 3.05) is 18.0 Å².